The molecule has 0 aromatic rings. The summed E-state index contributed by atoms with van der Waals surface area (Å²) in [5.41, 5.74) is -3.43. The zero-order chi connectivity index (χ0) is 24.0. The number of nitrogens with one attached hydrogen (secondary N) is 1. The summed E-state index contributed by atoms with van der Waals surface area (Å²) in [7, 11) is 0. The minimum absolute atomic E-state index is 0.0921. The van der Waals surface area contributed by atoms with E-state index in [1.807, 2.05) is 38.2 Å². The fourth-order valence-electron chi connectivity index (χ4n) is 3.52. The molecule has 3 N–H and O–H groups in total. The predicted octanol–water partition coefficient (Wildman–Crippen LogP) is 4.02. The standard InChI is InChI=1S/C25H32INO5/c1-22(9-5-7-11-24(3,30)15-13-22)17-19(21(29)32-26)27-20(28)18-23(2)10-6-8-12-25(4,31)16-14-23/h5-16,19,30-31H,17-18H2,1-4H3,(H,27,28)/b9-5-,10-6-,11-7-,12-8-,15-13-,16-14-. The summed E-state index contributed by atoms with van der Waals surface area (Å²) < 4.78 is 4.91. The number of allylic oxidation sites excluding steroid dienone is 8. The molecule has 0 saturated heterocycles. The topological polar surface area (TPSA) is 95.9 Å². The minimum atomic E-state index is -1.10. The number of hydrogen-bond acceptors (Lipinski definition) is 5. The van der Waals surface area contributed by atoms with Gasteiger partial charge in [-0.3, -0.25) is 4.79 Å². The second kappa shape index (κ2) is 10.3. The van der Waals surface area contributed by atoms with Crippen molar-refractivity contribution in [3.05, 3.63) is 72.9 Å². The first-order chi connectivity index (χ1) is 14.8. The quantitative estimate of drug-likeness (QED) is 0.341. The van der Waals surface area contributed by atoms with E-state index in [1.165, 1.54) is 23.0 Å². The van der Waals surface area contributed by atoms with Gasteiger partial charge in [-0.05, 0) is 32.4 Å². The van der Waals surface area contributed by atoms with Gasteiger partial charge in [0.05, 0.1) is 11.2 Å². The van der Waals surface area contributed by atoms with Crippen LogP contribution in [0.25, 0.3) is 0 Å². The van der Waals surface area contributed by atoms with E-state index in [9.17, 15) is 19.8 Å². The van der Waals surface area contributed by atoms with Crippen LogP contribution in [-0.4, -0.2) is 39.3 Å². The lowest BCUT2D eigenvalue weighted by Gasteiger charge is -2.30. The van der Waals surface area contributed by atoms with Gasteiger partial charge in [-0.15, -0.1) is 0 Å². The van der Waals surface area contributed by atoms with Crippen LogP contribution in [0.15, 0.2) is 72.9 Å². The maximum atomic E-state index is 12.9. The van der Waals surface area contributed by atoms with Gasteiger partial charge in [-0.25, -0.2) is 4.79 Å². The lowest BCUT2D eigenvalue weighted by molar-refractivity contribution is -0.137. The maximum absolute atomic E-state index is 12.9. The normalized spacial score (nSPS) is 40.8. The molecule has 0 radical (unpaired) electrons. The Hall–Kier alpha value is -1.97. The van der Waals surface area contributed by atoms with E-state index in [1.54, 1.807) is 62.5 Å². The van der Waals surface area contributed by atoms with Crippen molar-refractivity contribution in [2.45, 2.75) is 57.8 Å². The van der Waals surface area contributed by atoms with Gasteiger partial charge >= 0.3 is 5.97 Å². The molecule has 7 heteroatoms. The summed E-state index contributed by atoms with van der Waals surface area (Å²) >= 11 is 1.52. The molecule has 0 spiro atoms. The highest BCUT2D eigenvalue weighted by molar-refractivity contribution is 14.1. The monoisotopic (exact) mass is 553 g/mol. The number of aliphatic hydroxyl groups is 2. The van der Waals surface area contributed by atoms with Crippen molar-refractivity contribution in [2.24, 2.45) is 10.8 Å². The molecule has 0 fully saturated rings. The first-order valence-corrected chi connectivity index (χ1v) is 11.4. The summed E-state index contributed by atoms with van der Waals surface area (Å²) in [6, 6.07) is -0.875. The van der Waals surface area contributed by atoms with Crippen molar-refractivity contribution < 1.29 is 22.9 Å². The maximum Gasteiger partial charge on any atom is 0.338 e. The van der Waals surface area contributed by atoms with Gasteiger partial charge in [-0.2, -0.15) is 0 Å². The molecule has 1 amide bonds. The lowest BCUT2D eigenvalue weighted by Crippen LogP contribution is -2.44. The Morgan fingerprint density at radius 1 is 0.812 bits per heavy atom. The Kier molecular flexibility index (Phi) is 8.47. The number of hydrogen-bond donors (Lipinski definition) is 3. The Morgan fingerprint density at radius 2 is 1.28 bits per heavy atom. The number of carbonyl (C=O) groups excluding carboxylic acids is 2. The van der Waals surface area contributed by atoms with Gasteiger partial charge in [-0.1, -0.05) is 74.6 Å². The van der Waals surface area contributed by atoms with Crippen LogP contribution in [0.3, 0.4) is 0 Å². The molecular formula is C25H32INO5. The summed E-state index contributed by atoms with van der Waals surface area (Å²) in [4.78, 5) is 25.4. The van der Waals surface area contributed by atoms with Crippen LogP contribution in [0.5, 0.6) is 0 Å². The SMILES string of the molecule is CC1(O)/C=C\C=C/C(C)(CC(=O)NC(CC2(C)/C=C\C=C/C(C)(O)/C=C\2)C(=O)OI)/C=C\1. The molecule has 0 aromatic heterocycles. The average molecular weight is 553 g/mol. The molecule has 2 rings (SSSR count). The smallest absolute Gasteiger partial charge is 0.338 e. The minimum Gasteiger partial charge on any atom is -0.393 e. The fraction of sp³-hybridized carbons (Fsp3) is 0.440. The molecule has 2 aliphatic carbocycles. The highest BCUT2D eigenvalue weighted by atomic mass is 127. The number of halogens is 1. The van der Waals surface area contributed by atoms with Gasteiger partial charge in [0, 0.05) is 17.3 Å². The third-order valence-electron chi connectivity index (χ3n) is 5.53. The van der Waals surface area contributed by atoms with E-state index in [4.69, 9.17) is 3.07 Å². The molecule has 174 valence electrons. The van der Waals surface area contributed by atoms with E-state index in [2.05, 4.69) is 5.32 Å². The summed E-state index contributed by atoms with van der Waals surface area (Å²) in [5, 5.41) is 23.4. The first-order valence-electron chi connectivity index (χ1n) is 10.5. The van der Waals surface area contributed by atoms with Gasteiger partial charge < -0.3 is 18.6 Å². The molecule has 5 atom stereocenters. The summed E-state index contributed by atoms with van der Waals surface area (Å²) in [6.07, 6.45) is 21.6. The van der Waals surface area contributed by atoms with Gasteiger partial charge in [0.1, 0.15) is 6.04 Å². The van der Waals surface area contributed by atoms with Crippen molar-refractivity contribution in [2.75, 3.05) is 0 Å². The van der Waals surface area contributed by atoms with E-state index >= 15 is 0 Å². The summed E-state index contributed by atoms with van der Waals surface area (Å²) in [6.45, 7) is 7.14. The Bertz CT molecular complexity index is 896. The predicted molar refractivity (Wildman–Crippen MR) is 134 cm³/mol. The second-order valence-electron chi connectivity index (χ2n) is 9.46. The second-order valence-corrected chi connectivity index (χ2v) is 9.90. The third-order valence-corrected chi connectivity index (χ3v) is 5.96. The van der Waals surface area contributed by atoms with E-state index in [-0.39, 0.29) is 18.7 Å². The van der Waals surface area contributed by atoms with Crippen molar-refractivity contribution in [1.29, 1.82) is 0 Å². The molecular weight excluding hydrogens is 521 g/mol. The van der Waals surface area contributed by atoms with Crippen molar-refractivity contribution in [1.82, 2.24) is 5.32 Å². The van der Waals surface area contributed by atoms with Crippen molar-refractivity contribution in [3.8, 4) is 0 Å². The van der Waals surface area contributed by atoms with Crippen LogP contribution < -0.4 is 5.32 Å². The van der Waals surface area contributed by atoms with Crippen LogP contribution in [0.2, 0.25) is 0 Å². The van der Waals surface area contributed by atoms with Crippen molar-refractivity contribution in [3.63, 3.8) is 0 Å². The van der Waals surface area contributed by atoms with Gasteiger partial charge in [0.2, 0.25) is 5.91 Å². The van der Waals surface area contributed by atoms with Crippen LogP contribution in [0, 0.1) is 10.8 Å². The molecule has 32 heavy (non-hydrogen) atoms. The molecule has 6 nitrogen and oxygen atoms in total. The Balaban J connectivity index is 2.19. The average Bonchev–Trinajstić information content (AvgIpc) is 2.69. The largest absolute Gasteiger partial charge is 0.393 e. The molecule has 5 unspecified atom stereocenters. The van der Waals surface area contributed by atoms with Gasteiger partial charge in [0.25, 0.3) is 0 Å². The number of amides is 1. The van der Waals surface area contributed by atoms with Crippen LogP contribution >= 0.6 is 23.0 Å². The molecule has 0 bridgehead atoms. The number of rotatable bonds is 6. The van der Waals surface area contributed by atoms with E-state index < -0.39 is 34.0 Å². The number of carbonyl (C=O) groups is 2. The van der Waals surface area contributed by atoms with Crippen molar-refractivity contribution >= 4 is 34.9 Å². The highest BCUT2D eigenvalue weighted by Crippen LogP contribution is 2.32. The molecule has 0 saturated carbocycles. The van der Waals surface area contributed by atoms with E-state index in [0.29, 0.717) is 0 Å². The Morgan fingerprint density at radius 3 is 1.81 bits per heavy atom. The lowest BCUT2D eigenvalue weighted by atomic mass is 9.80. The zero-order valence-electron chi connectivity index (χ0n) is 18.9. The molecule has 0 aromatic carbocycles. The first kappa shape index (κ1) is 26.3. The van der Waals surface area contributed by atoms with Crippen LogP contribution in [-0.2, 0) is 12.7 Å². The molecule has 0 aliphatic heterocycles. The van der Waals surface area contributed by atoms with E-state index in [0.717, 1.165) is 0 Å². The van der Waals surface area contributed by atoms with Gasteiger partial charge in [0.15, 0.2) is 23.0 Å². The Labute approximate surface area is 204 Å². The van der Waals surface area contributed by atoms with Crippen LogP contribution in [0.1, 0.15) is 40.5 Å². The third kappa shape index (κ3) is 8.18. The molecule has 2 aliphatic rings. The summed E-state index contributed by atoms with van der Waals surface area (Å²) in [5.74, 6) is -0.863. The molecule has 0 heterocycles. The highest BCUT2D eigenvalue weighted by Gasteiger charge is 2.33. The zero-order valence-corrected chi connectivity index (χ0v) is 21.1. The fourth-order valence-corrected chi connectivity index (χ4v) is 3.83. The van der Waals surface area contributed by atoms with Crippen LogP contribution in [0.4, 0.5) is 0 Å².